The molecule has 0 unspecified atom stereocenters. The van der Waals surface area contributed by atoms with Crippen molar-refractivity contribution in [3.05, 3.63) is 65.5 Å². The zero-order chi connectivity index (χ0) is 18.5. The van der Waals surface area contributed by atoms with Crippen LogP contribution in [0.25, 0.3) is 0 Å². The number of benzene rings is 2. The van der Waals surface area contributed by atoms with E-state index in [9.17, 15) is 14.0 Å². The van der Waals surface area contributed by atoms with E-state index < -0.39 is 0 Å². The van der Waals surface area contributed by atoms with E-state index in [1.807, 2.05) is 24.3 Å². The molecule has 136 valence electrons. The van der Waals surface area contributed by atoms with Crippen molar-refractivity contribution in [3.8, 4) is 0 Å². The Balaban J connectivity index is 1.51. The summed E-state index contributed by atoms with van der Waals surface area (Å²) in [5.41, 5.74) is 2.56. The topological polar surface area (TPSA) is 52.7 Å². The summed E-state index contributed by atoms with van der Waals surface area (Å²) in [4.78, 5) is 27.8. The van der Waals surface area contributed by atoms with Gasteiger partial charge in [-0.2, -0.15) is 0 Å². The van der Waals surface area contributed by atoms with Gasteiger partial charge in [-0.25, -0.2) is 9.18 Å². The normalized spacial score (nSPS) is 14.2. The minimum atomic E-state index is -0.287. The molecule has 2 aromatic carbocycles. The second kappa shape index (κ2) is 7.99. The molecule has 0 saturated carbocycles. The fourth-order valence-corrected chi connectivity index (χ4v) is 2.98. The van der Waals surface area contributed by atoms with Crippen LogP contribution in [0.4, 0.5) is 14.9 Å². The quantitative estimate of drug-likeness (QED) is 0.858. The molecule has 1 saturated heterocycles. The molecule has 2 aromatic rings. The van der Waals surface area contributed by atoms with Crippen LogP contribution in [-0.4, -0.2) is 42.9 Å². The molecule has 3 rings (SSSR count). The summed E-state index contributed by atoms with van der Waals surface area (Å²) in [5.74, 6) is -0.240. The molecule has 6 heteroatoms. The third-order valence-electron chi connectivity index (χ3n) is 4.54. The highest BCUT2D eigenvalue weighted by atomic mass is 19.1. The van der Waals surface area contributed by atoms with Crippen molar-refractivity contribution in [2.45, 2.75) is 13.5 Å². The number of rotatable bonds is 4. The van der Waals surface area contributed by atoms with E-state index in [2.05, 4.69) is 10.2 Å². The third-order valence-corrected chi connectivity index (χ3v) is 4.54. The zero-order valence-corrected chi connectivity index (χ0v) is 14.7. The number of piperazine rings is 1. The maximum Gasteiger partial charge on any atom is 0.317 e. The minimum absolute atomic E-state index is 0.0469. The Bertz CT molecular complexity index is 784. The van der Waals surface area contributed by atoms with Crippen LogP contribution in [-0.2, 0) is 6.54 Å². The average molecular weight is 355 g/mol. The van der Waals surface area contributed by atoms with Gasteiger partial charge in [-0.3, -0.25) is 4.79 Å². The molecule has 1 heterocycles. The van der Waals surface area contributed by atoms with Crippen molar-refractivity contribution >= 4 is 17.5 Å². The number of carbonyl (C=O) groups excluding carboxylic acids is 2. The highest BCUT2D eigenvalue weighted by Gasteiger charge is 2.21. The maximum absolute atomic E-state index is 12.9. The number of hydrogen-bond donors (Lipinski definition) is 1. The van der Waals surface area contributed by atoms with Gasteiger partial charge in [-0.05, 0) is 36.8 Å². The van der Waals surface area contributed by atoms with Gasteiger partial charge in [0, 0.05) is 44.0 Å². The molecule has 5 nitrogen and oxygen atoms in total. The van der Waals surface area contributed by atoms with Crippen LogP contribution in [0.3, 0.4) is 0 Å². The lowest BCUT2D eigenvalue weighted by Gasteiger charge is -2.36. The van der Waals surface area contributed by atoms with Crippen LogP contribution in [0.5, 0.6) is 0 Å². The van der Waals surface area contributed by atoms with Gasteiger partial charge in [-0.15, -0.1) is 0 Å². The Hall–Kier alpha value is -2.89. The smallest absolute Gasteiger partial charge is 0.317 e. The molecule has 0 spiro atoms. The van der Waals surface area contributed by atoms with Gasteiger partial charge in [0.15, 0.2) is 5.78 Å². The lowest BCUT2D eigenvalue weighted by atomic mass is 10.1. The van der Waals surface area contributed by atoms with Gasteiger partial charge in [0.25, 0.3) is 0 Å². The SMILES string of the molecule is CC(=O)c1cccc(N2CCN(C(=O)NCc3ccc(F)cc3)CC2)c1. The molecular weight excluding hydrogens is 333 g/mol. The van der Waals surface area contributed by atoms with Crippen LogP contribution in [0, 0.1) is 5.82 Å². The van der Waals surface area contributed by atoms with E-state index in [0.29, 0.717) is 38.3 Å². The summed E-state index contributed by atoms with van der Waals surface area (Å²) < 4.78 is 12.9. The Morgan fingerprint density at radius 2 is 1.73 bits per heavy atom. The zero-order valence-electron chi connectivity index (χ0n) is 14.7. The van der Waals surface area contributed by atoms with Crippen molar-refractivity contribution in [3.63, 3.8) is 0 Å². The van der Waals surface area contributed by atoms with Crippen LogP contribution >= 0.6 is 0 Å². The first kappa shape index (κ1) is 17.9. The molecule has 1 aliphatic heterocycles. The van der Waals surface area contributed by atoms with Crippen molar-refractivity contribution in [1.82, 2.24) is 10.2 Å². The van der Waals surface area contributed by atoms with E-state index in [1.54, 1.807) is 24.0 Å². The molecule has 1 fully saturated rings. The Morgan fingerprint density at radius 3 is 2.38 bits per heavy atom. The first-order chi connectivity index (χ1) is 12.5. The second-order valence-corrected chi connectivity index (χ2v) is 6.37. The number of ketones is 1. The fourth-order valence-electron chi connectivity index (χ4n) is 2.98. The number of anilines is 1. The summed E-state index contributed by atoms with van der Waals surface area (Å²) in [5, 5.41) is 2.87. The average Bonchev–Trinajstić information content (AvgIpc) is 2.67. The monoisotopic (exact) mass is 355 g/mol. The van der Waals surface area contributed by atoms with Crippen molar-refractivity contribution in [1.29, 1.82) is 0 Å². The standard InChI is InChI=1S/C20H22FN3O2/c1-15(25)17-3-2-4-19(13-17)23-9-11-24(12-10-23)20(26)22-14-16-5-7-18(21)8-6-16/h2-8,13H,9-12,14H2,1H3,(H,22,26). The van der Waals surface area contributed by atoms with E-state index in [0.717, 1.165) is 11.3 Å². The molecule has 26 heavy (non-hydrogen) atoms. The van der Waals surface area contributed by atoms with Gasteiger partial charge in [0.1, 0.15) is 5.82 Å². The fraction of sp³-hybridized carbons (Fsp3) is 0.300. The predicted octanol–water partition coefficient (Wildman–Crippen LogP) is 3.06. The number of Topliss-reactive ketones (excluding diaryl/α,β-unsaturated/α-hetero) is 1. The van der Waals surface area contributed by atoms with Crippen LogP contribution < -0.4 is 10.2 Å². The molecule has 1 N–H and O–H groups in total. The van der Waals surface area contributed by atoms with Crippen LogP contribution in [0.15, 0.2) is 48.5 Å². The van der Waals surface area contributed by atoms with E-state index in [1.165, 1.54) is 12.1 Å². The molecule has 0 aliphatic carbocycles. The molecule has 0 radical (unpaired) electrons. The van der Waals surface area contributed by atoms with Gasteiger partial charge < -0.3 is 15.1 Å². The maximum atomic E-state index is 12.9. The number of urea groups is 1. The summed E-state index contributed by atoms with van der Waals surface area (Å²) in [7, 11) is 0. The van der Waals surface area contributed by atoms with Gasteiger partial charge >= 0.3 is 6.03 Å². The molecule has 0 bridgehead atoms. The Morgan fingerprint density at radius 1 is 1.04 bits per heavy atom. The number of amides is 2. The summed E-state index contributed by atoms with van der Waals surface area (Å²) >= 11 is 0. The lowest BCUT2D eigenvalue weighted by molar-refractivity contribution is 0.101. The first-order valence-electron chi connectivity index (χ1n) is 8.66. The molecule has 2 amide bonds. The first-order valence-corrected chi connectivity index (χ1v) is 8.66. The molecular formula is C20H22FN3O2. The summed E-state index contributed by atoms with van der Waals surface area (Å²) in [6, 6.07) is 13.5. The highest BCUT2D eigenvalue weighted by Crippen LogP contribution is 2.18. The van der Waals surface area contributed by atoms with E-state index in [4.69, 9.17) is 0 Å². The largest absolute Gasteiger partial charge is 0.368 e. The Kier molecular flexibility index (Phi) is 5.51. The van der Waals surface area contributed by atoms with Gasteiger partial charge in [0.2, 0.25) is 0 Å². The van der Waals surface area contributed by atoms with Crippen molar-refractivity contribution < 1.29 is 14.0 Å². The molecule has 0 atom stereocenters. The predicted molar refractivity (Wildman–Crippen MR) is 98.9 cm³/mol. The van der Waals surface area contributed by atoms with Crippen molar-refractivity contribution in [2.75, 3.05) is 31.1 Å². The van der Waals surface area contributed by atoms with Crippen LogP contribution in [0.1, 0.15) is 22.8 Å². The summed E-state index contributed by atoms with van der Waals surface area (Å²) in [6.45, 7) is 4.58. The van der Waals surface area contributed by atoms with E-state index >= 15 is 0 Å². The van der Waals surface area contributed by atoms with E-state index in [-0.39, 0.29) is 17.6 Å². The summed E-state index contributed by atoms with van der Waals surface area (Å²) in [6.07, 6.45) is 0. The third kappa shape index (κ3) is 4.39. The highest BCUT2D eigenvalue weighted by molar-refractivity contribution is 5.95. The lowest BCUT2D eigenvalue weighted by Crippen LogP contribution is -2.51. The molecule has 1 aliphatic rings. The number of carbonyl (C=O) groups is 2. The molecule has 0 aromatic heterocycles. The number of nitrogens with one attached hydrogen (secondary N) is 1. The number of halogens is 1. The van der Waals surface area contributed by atoms with Crippen LogP contribution in [0.2, 0.25) is 0 Å². The number of hydrogen-bond acceptors (Lipinski definition) is 3. The second-order valence-electron chi connectivity index (χ2n) is 6.37. The minimum Gasteiger partial charge on any atom is -0.368 e. The van der Waals surface area contributed by atoms with Gasteiger partial charge in [0.05, 0.1) is 0 Å². The van der Waals surface area contributed by atoms with Gasteiger partial charge in [-0.1, -0.05) is 24.3 Å². The Labute approximate surface area is 152 Å². The number of nitrogens with zero attached hydrogens (tertiary/aromatic N) is 2. The van der Waals surface area contributed by atoms with Crippen molar-refractivity contribution in [2.24, 2.45) is 0 Å².